The molecule has 1 aromatic rings. The first-order valence-corrected chi connectivity index (χ1v) is 7.20. The fraction of sp³-hybridized carbons (Fsp3) is 0.538. The molecule has 1 atom stereocenters. The van der Waals surface area contributed by atoms with E-state index in [2.05, 4.69) is 11.2 Å². The van der Waals surface area contributed by atoms with E-state index in [1.54, 1.807) is 12.1 Å². The van der Waals surface area contributed by atoms with Gasteiger partial charge in [0.25, 0.3) is 0 Å². The highest BCUT2D eigenvalue weighted by Crippen LogP contribution is 2.11. The Bertz CT molecular complexity index is 333. The summed E-state index contributed by atoms with van der Waals surface area (Å²) in [4.78, 5) is 2.20. The van der Waals surface area contributed by atoms with Crippen molar-refractivity contribution in [2.75, 3.05) is 25.6 Å². The number of rotatable bonds is 7. The van der Waals surface area contributed by atoms with E-state index in [1.165, 1.54) is 6.07 Å². The molecule has 0 aliphatic rings. The maximum absolute atomic E-state index is 13.1. The van der Waals surface area contributed by atoms with Gasteiger partial charge in [-0.15, -0.1) is 0 Å². The molecule has 17 heavy (non-hydrogen) atoms. The third kappa shape index (κ3) is 5.06. The number of hydrogen-bond donors (Lipinski definition) is 1. The van der Waals surface area contributed by atoms with Crippen LogP contribution in [0.3, 0.4) is 0 Å². The van der Waals surface area contributed by atoms with E-state index in [-0.39, 0.29) is 5.82 Å². The van der Waals surface area contributed by atoms with Gasteiger partial charge >= 0.3 is 0 Å². The molecule has 0 aliphatic heterocycles. The Kier molecular flexibility index (Phi) is 6.55. The van der Waals surface area contributed by atoms with Gasteiger partial charge in [-0.2, -0.15) is 11.8 Å². The molecule has 1 rings (SSSR count). The standard InChI is InChI=1S/C13H21FN2S/c1-16(13(9-15)6-7-17-2)10-11-4-3-5-12(14)8-11/h3-5,8,13H,6-7,9-10,15H2,1-2H3. The van der Waals surface area contributed by atoms with Crippen LogP contribution in [0.5, 0.6) is 0 Å². The summed E-state index contributed by atoms with van der Waals surface area (Å²) in [5, 5.41) is 0. The molecule has 0 aliphatic carbocycles. The predicted octanol–water partition coefficient (Wildman–Crippen LogP) is 2.34. The normalized spacial score (nSPS) is 13.0. The first-order chi connectivity index (χ1) is 8.17. The number of benzene rings is 1. The lowest BCUT2D eigenvalue weighted by molar-refractivity contribution is 0.234. The van der Waals surface area contributed by atoms with Gasteiger partial charge in [-0.25, -0.2) is 4.39 Å². The van der Waals surface area contributed by atoms with Crippen LogP contribution < -0.4 is 5.73 Å². The molecule has 4 heteroatoms. The monoisotopic (exact) mass is 256 g/mol. The van der Waals surface area contributed by atoms with E-state index in [0.29, 0.717) is 12.6 Å². The van der Waals surface area contributed by atoms with Crippen molar-refractivity contribution in [2.45, 2.75) is 19.0 Å². The van der Waals surface area contributed by atoms with Gasteiger partial charge in [0, 0.05) is 19.1 Å². The smallest absolute Gasteiger partial charge is 0.123 e. The Morgan fingerprint density at radius 1 is 1.47 bits per heavy atom. The minimum atomic E-state index is -0.177. The summed E-state index contributed by atoms with van der Waals surface area (Å²) in [7, 11) is 2.04. The topological polar surface area (TPSA) is 29.3 Å². The van der Waals surface area contributed by atoms with Crippen LogP contribution in [-0.4, -0.2) is 36.5 Å². The number of hydrogen-bond acceptors (Lipinski definition) is 3. The maximum Gasteiger partial charge on any atom is 0.123 e. The summed E-state index contributed by atoms with van der Waals surface area (Å²) in [6, 6.07) is 7.11. The van der Waals surface area contributed by atoms with Gasteiger partial charge in [0.2, 0.25) is 0 Å². The molecule has 0 saturated heterocycles. The van der Waals surface area contributed by atoms with E-state index in [0.717, 1.165) is 24.3 Å². The van der Waals surface area contributed by atoms with Crippen LogP contribution in [0.1, 0.15) is 12.0 Å². The van der Waals surface area contributed by atoms with Gasteiger partial charge in [0.05, 0.1) is 0 Å². The van der Waals surface area contributed by atoms with Crippen LogP contribution in [0.4, 0.5) is 4.39 Å². The highest BCUT2D eigenvalue weighted by Gasteiger charge is 2.12. The van der Waals surface area contributed by atoms with Gasteiger partial charge in [0.1, 0.15) is 5.82 Å². The highest BCUT2D eigenvalue weighted by atomic mass is 32.2. The zero-order valence-corrected chi connectivity index (χ0v) is 11.3. The summed E-state index contributed by atoms with van der Waals surface area (Å²) in [6.07, 6.45) is 3.17. The van der Waals surface area contributed by atoms with Crippen LogP contribution in [0.15, 0.2) is 24.3 Å². The molecule has 96 valence electrons. The second-order valence-corrected chi connectivity index (χ2v) is 5.20. The third-order valence-corrected chi connectivity index (χ3v) is 3.52. The molecule has 0 fully saturated rings. The van der Waals surface area contributed by atoms with Crippen LogP contribution in [0.25, 0.3) is 0 Å². The van der Waals surface area contributed by atoms with E-state index >= 15 is 0 Å². The van der Waals surface area contributed by atoms with Gasteiger partial charge in [-0.1, -0.05) is 12.1 Å². The second kappa shape index (κ2) is 7.69. The quantitative estimate of drug-likeness (QED) is 0.812. The largest absolute Gasteiger partial charge is 0.329 e. The van der Waals surface area contributed by atoms with Crippen molar-refractivity contribution >= 4 is 11.8 Å². The van der Waals surface area contributed by atoms with Crippen molar-refractivity contribution < 1.29 is 4.39 Å². The third-order valence-electron chi connectivity index (χ3n) is 2.87. The summed E-state index contributed by atoms with van der Waals surface area (Å²) in [5.41, 5.74) is 6.77. The first kappa shape index (κ1) is 14.5. The predicted molar refractivity (Wildman–Crippen MR) is 73.7 cm³/mol. The molecule has 0 spiro atoms. The minimum absolute atomic E-state index is 0.177. The van der Waals surface area contributed by atoms with E-state index in [1.807, 2.05) is 24.9 Å². The van der Waals surface area contributed by atoms with Crippen LogP contribution in [-0.2, 0) is 6.54 Å². The molecule has 0 bridgehead atoms. The van der Waals surface area contributed by atoms with Gasteiger partial charge < -0.3 is 5.73 Å². The number of thioether (sulfide) groups is 1. The molecule has 0 heterocycles. The fourth-order valence-corrected chi connectivity index (χ4v) is 2.33. The van der Waals surface area contributed by atoms with E-state index in [9.17, 15) is 4.39 Å². The molecule has 2 nitrogen and oxygen atoms in total. The lowest BCUT2D eigenvalue weighted by atomic mass is 10.1. The number of nitrogens with two attached hydrogens (primary N) is 1. The molecule has 0 saturated carbocycles. The van der Waals surface area contributed by atoms with Crippen LogP contribution in [0.2, 0.25) is 0 Å². The van der Waals surface area contributed by atoms with Crippen molar-refractivity contribution in [1.82, 2.24) is 4.90 Å². The SMILES string of the molecule is CSCCC(CN)N(C)Cc1cccc(F)c1. The Hall–Kier alpha value is -0.580. The summed E-state index contributed by atoms with van der Waals surface area (Å²) >= 11 is 1.83. The Labute approximate surface area is 107 Å². The summed E-state index contributed by atoms with van der Waals surface area (Å²) in [5.74, 6) is 0.930. The number of nitrogens with zero attached hydrogens (tertiary/aromatic N) is 1. The molecule has 0 amide bonds. The van der Waals surface area contributed by atoms with Crippen molar-refractivity contribution in [3.8, 4) is 0 Å². The Balaban J connectivity index is 2.54. The van der Waals surface area contributed by atoms with Gasteiger partial charge in [0.15, 0.2) is 0 Å². The van der Waals surface area contributed by atoms with Crippen molar-refractivity contribution in [2.24, 2.45) is 5.73 Å². The first-order valence-electron chi connectivity index (χ1n) is 5.81. The molecule has 2 N–H and O–H groups in total. The average Bonchev–Trinajstić information content (AvgIpc) is 2.30. The lowest BCUT2D eigenvalue weighted by Crippen LogP contribution is -2.37. The molecule has 0 radical (unpaired) electrons. The minimum Gasteiger partial charge on any atom is -0.329 e. The van der Waals surface area contributed by atoms with Crippen molar-refractivity contribution in [1.29, 1.82) is 0 Å². The van der Waals surface area contributed by atoms with E-state index in [4.69, 9.17) is 5.73 Å². The Morgan fingerprint density at radius 2 is 2.24 bits per heavy atom. The molecule has 1 aromatic carbocycles. The van der Waals surface area contributed by atoms with E-state index < -0.39 is 0 Å². The number of likely N-dealkylation sites (N-methyl/N-ethyl adjacent to an activating group) is 1. The molecule has 1 unspecified atom stereocenters. The maximum atomic E-state index is 13.1. The zero-order chi connectivity index (χ0) is 12.7. The average molecular weight is 256 g/mol. The van der Waals surface area contributed by atoms with Gasteiger partial charge in [-0.3, -0.25) is 4.90 Å². The molecular formula is C13H21FN2S. The second-order valence-electron chi connectivity index (χ2n) is 4.22. The molecule has 0 aromatic heterocycles. The fourth-order valence-electron chi connectivity index (χ4n) is 1.82. The zero-order valence-electron chi connectivity index (χ0n) is 10.5. The van der Waals surface area contributed by atoms with Crippen LogP contribution >= 0.6 is 11.8 Å². The summed E-state index contributed by atoms with van der Waals surface area (Å²) in [6.45, 7) is 1.39. The van der Waals surface area contributed by atoms with Crippen molar-refractivity contribution in [3.63, 3.8) is 0 Å². The number of halogens is 1. The summed E-state index contributed by atoms with van der Waals surface area (Å²) < 4.78 is 13.1. The highest BCUT2D eigenvalue weighted by molar-refractivity contribution is 7.98. The lowest BCUT2D eigenvalue weighted by Gasteiger charge is -2.26. The Morgan fingerprint density at radius 3 is 2.82 bits per heavy atom. The molecular weight excluding hydrogens is 235 g/mol. The van der Waals surface area contributed by atoms with Gasteiger partial charge in [-0.05, 0) is 43.2 Å². The van der Waals surface area contributed by atoms with Crippen molar-refractivity contribution in [3.05, 3.63) is 35.6 Å². The van der Waals surface area contributed by atoms with Crippen LogP contribution in [0, 0.1) is 5.82 Å².